The Bertz CT molecular complexity index is 472. The van der Waals surface area contributed by atoms with Crippen LogP contribution in [0.3, 0.4) is 0 Å². The summed E-state index contributed by atoms with van der Waals surface area (Å²) >= 11 is 0. The molecule has 0 saturated carbocycles. The van der Waals surface area contributed by atoms with Crippen molar-refractivity contribution in [2.45, 2.75) is 25.8 Å². The molecule has 1 aromatic carbocycles. The number of amides is 1. The Labute approximate surface area is 126 Å². The number of nitrogens with two attached hydrogens (primary N) is 1. The van der Waals surface area contributed by atoms with Gasteiger partial charge in [-0.25, -0.2) is 0 Å². The zero-order valence-electron chi connectivity index (χ0n) is 12.8. The molecular weight excluding hydrogens is 266 g/mol. The lowest BCUT2D eigenvalue weighted by Crippen LogP contribution is -2.42. The molecule has 0 aliphatic carbocycles. The maximum Gasteiger partial charge on any atom is 0.241 e. The van der Waals surface area contributed by atoms with Crippen LogP contribution in [0.25, 0.3) is 0 Å². The van der Waals surface area contributed by atoms with Gasteiger partial charge >= 0.3 is 0 Å². The molecule has 2 rings (SSSR count). The van der Waals surface area contributed by atoms with Crippen molar-refractivity contribution in [3.05, 3.63) is 24.3 Å². The SMILES string of the molecule is CC(C(=O)Nc1ccccc1N)N(C)CC1CCOCC1. The van der Waals surface area contributed by atoms with Gasteiger partial charge in [-0.3, -0.25) is 9.69 Å². The van der Waals surface area contributed by atoms with E-state index in [9.17, 15) is 4.79 Å². The second-order valence-electron chi connectivity index (χ2n) is 5.75. The van der Waals surface area contributed by atoms with Crippen LogP contribution < -0.4 is 11.1 Å². The Morgan fingerprint density at radius 1 is 1.43 bits per heavy atom. The second-order valence-corrected chi connectivity index (χ2v) is 5.75. The van der Waals surface area contributed by atoms with Crippen molar-refractivity contribution >= 4 is 17.3 Å². The van der Waals surface area contributed by atoms with Gasteiger partial charge in [0.2, 0.25) is 5.91 Å². The summed E-state index contributed by atoms with van der Waals surface area (Å²) in [6, 6.07) is 7.13. The van der Waals surface area contributed by atoms with E-state index in [-0.39, 0.29) is 11.9 Å². The lowest BCUT2D eigenvalue weighted by Gasteiger charge is -2.30. The van der Waals surface area contributed by atoms with Gasteiger partial charge in [0.1, 0.15) is 0 Å². The number of carbonyl (C=O) groups is 1. The van der Waals surface area contributed by atoms with Gasteiger partial charge in [0.05, 0.1) is 17.4 Å². The van der Waals surface area contributed by atoms with Crippen molar-refractivity contribution in [2.24, 2.45) is 5.92 Å². The Balaban J connectivity index is 1.87. The van der Waals surface area contributed by atoms with Gasteiger partial charge < -0.3 is 15.8 Å². The molecule has 1 heterocycles. The number of nitrogen functional groups attached to an aromatic ring is 1. The monoisotopic (exact) mass is 291 g/mol. The minimum absolute atomic E-state index is 0.0255. The highest BCUT2D eigenvalue weighted by Crippen LogP contribution is 2.19. The molecule has 1 atom stereocenters. The molecule has 116 valence electrons. The van der Waals surface area contributed by atoms with E-state index in [1.54, 1.807) is 6.07 Å². The summed E-state index contributed by atoms with van der Waals surface area (Å²) in [5.74, 6) is 0.586. The maximum absolute atomic E-state index is 12.3. The van der Waals surface area contributed by atoms with Crippen LogP contribution in [-0.2, 0) is 9.53 Å². The van der Waals surface area contributed by atoms with Crippen molar-refractivity contribution in [1.29, 1.82) is 0 Å². The lowest BCUT2D eigenvalue weighted by atomic mass is 9.99. The van der Waals surface area contributed by atoms with E-state index >= 15 is 0 Å². The minimum atomic E-state index is -0.188. The van der Waals surface area contributed by atoms with E-state index in [4.69, 9.17) is 10.5 Å². The van der Waals surface area contributed by atoms with Gasteiger partial charge in [0.15, 0.2) is 0 Å². The Kier molecular flexibility index (Phi) is 5.59. The topological polar surface area (TPSA) is 67.6 Å². The van der Waals surface area contributed by atoms with Crippen LogP contribution >= 0.6 is 0 Å². The van der Waals surface area contributed by atoms with Crippen molar-refractivity contribution in [3.8, 4) is 0 Å². The number of anilines is 2. The highest BCUT2D eigenvalue weighted by atomic mass is 16.5. The molecule has 3 N–H and O–H groups in total. The molecule has 0 bridgehead atoms. The Hall–Kier alpha value is -1.59. The number of benzene rings is 1. The summed E-state index contributed by atoms with van der Waals surface area (Å²) in [5, 5.41) is 2.90. The van der Waals surface area contributed by atoms with E-state index in [1.165, 1.54) is 0 Å². The molecule has 5 nitrogen and oxygen atoms in total. The minimum Gasteiger partial charge on any atom is -0.397 e. The predicted molar refractivity (Wildman–Crippen MR) is 85.1 cm³/mol. The average Bonchev–Trinajstić information content (AvgIpc) is 2.49. The summed E-state index contributed by atoms with van der Waals surface area (Å²) in [6.07, 6.45) is 2.15. The molecule has 21 heavy (non-hydrogen) atoms. The van der Waals surface area contributed by atoms with Crippen molar-refractivity contribution in [3.63, 3.8) is 0 Å². The number of likely N-dealkylation sites (N-methyl/N-ethyl adjacent to an activating group) is 1. The number of ether oxygens (including phenoxy) is 1. The van der Waals surface area contributed by atoms with E-state index in [0.717, 1.165) is 32.6 Å². The largest absolute Gasteiger partial charge is 0.397 e. The average molecular weight is 291 g/mol. The first-order valence-corrected chi connectivity index (χ1v) is 7.51. The second kappa shape index (κ2) is 7.43. The molecule has 1 aromatic rings. The number of nitrogens with zero attached hydrogens (tertiary/aromatic N) is 1. The quantitative estimate of drug-likeness (QED) is 0.814. The molecule has 1 aliphatic rings. The first kappa shape index (κ1) is 15.8. The zero-order valence-corrected chi connectivity index (χ0v) is 12.8. The number of hydrogen-bond donors (Lipinski definition) is 2. The van der Waals surface area contributed by atoms with Crippen LogP contribution in [0.5, 0.6) is 0 Å². The molecule has 0 aromatic heterocycles. The van der Waals surface area contributed by atoms with Crippen LogP contribution in [0.4, 0.5) is 11.4 Å². The highest BCUT2D eigenvalue weighted by Gasteiger charge is 2.22. The van der Waals surface area contributed by atoms with Crippen LogP contribution in [0.2, 0.25) is 0 Å². The van der Waals surface area contributed by atoms with Crippen LogP contribution in [0.1, 0.15) is 19.8 Å². The van der Waals surface area contributed by atoms with Gasteiger partial charge in [0.25, 0.3) is 0 Å². The number of rotatable bonds is 5. The Morgan fingerprint density at radius 2 is 2.10 bits per heavy atom. The zero-order chi connectivity index (χ0) is 15.2. The molecule has 5 heteroatoms. The third kappa shape index (κ3) is 4.44. The van der Waals surface area contributed by atoms with Crippen molar-refractivity contribution < 1.29 is 9.53 Å². The van der Waals surface area contributed by atoms with Gasteiger partial charge in [-0.2, -0.15) is 0 Å². The van der Waals surface area contributed by atoms with E-state index in [1.807, 2.05) is 32.2 Å². The first-order valence-electron chi connectivity index (χ1n) is 7.51. The highest BCUT2D eigenvalue weighted by molar-refractivity contribution is 5.96. The number of carbonyl (C=O) groups excluding carboxylic acids is 1. The number of hydrogen-bond acceptors (Lipinski definition) is 4. The van der Waals surface area contributed by atoms with E-state index < -0.39 is 0 Å². The first-order chi connectivity index (χ1) is 10.1. The van der Waals surface area contributed by atoms with E-state index in [0.29, 0.717) is 17.3 Å². The number of para-hydroxylation sites is 2. The normalized spacial score (nSPS) is 17.7. The van der Waals surface area contributed by atoms with Crippen LogP contribution in [0.15, 0.2) is 24.3 Å². The molecule has 1 amide bonds. The summed E-state index contributed by atoms with van der Waals surface area (Å²) in [6.45, 7) is 4.51. The molecule has 0 spiro atoms. The summed E-state index contributed by atoms with van der Waals surface area (Å²) < 4.78 is 5.37. The van der Waals surface area contributed by atoms with Gasteiger partial charge in [-0.05, 0) is 44.9 Å². The van der Waals surface area contributed by atoms with Gasteiger partial charge in [0, 0.05) is 19.8 Å². The maximum atomic E-state index is 12.3. The summed E-state index contributed by atoms with van der Waals surface area (Å²) in [7, 11) is 1.99. The molecule has 1 unspecified atom stereocenters. The fourth-order valence-corrected chi connectivity index (χ4v) is 2.54. The molecule has 1 aliphatic heterocycles. The van der Waals surface area contributed by atoms with Gasteiger partial charge in [-0.15, -0.1) is 0 Å². The Morgan fingerprint density at radius 3 is 2.76 bits per heavy atom. The van der Waals surface area contributed by atoms with Crippen LogP contribution in [-0.4, -0.2) is 43.7 Å². The third-order valence-corrected chi connectivity index (χ3v) is 4.15. The van der Waals surface area contributed by atoms with Crippen LogP contribution in [0, 0.1) is 5.92 Å². The lowest BCUT2D eigenvalue weighted by molar-refractivity contribution is -0.120. The van der Waals surface area contributed by atoms with Crippen molar-refractivity contribution in [1.82, 2.24) is 4.90 Å². The third-order valence-electron chi connectivity index (χ3n) is 4.15. The fraction of sp³-hybridized carbons (Fsp3) is 0.562. The van der Waals surface area contributed by atoms with Crippen molar-refractivity contribution in [2.75, 3.05) is 37.9 Å². The number of nitrogens with one attached hydrogen (secondary N) is 1. The smallest absolute Gasteiger partial charge is 0.241 e. The van der Waals surface area contributed by atoms with Gasteiger partial charge in [-0.1, -0.05) is 12.1 Å². The molecule has 1 fully saturated rings. The standard InChI is InChI=1S/C16H25N3O2/c1-12(19(2)11-13-7-9-21-10-8-13)16(20)18-15-6-4-3-5-14(15)17/h3-6,12-13H,7-11,17H2,1-2H3,(H,18,20). The summed E-state index contributed by atoms with van der Waals surface area (Å²) in [4.78, 5) is 14.4. The van der Waals surface area contributed by atoms with E-state index in [2.05, 4.69) is 10.2 Å². The molecular formula is C16H25N3O2. The summed E-state index contributed by atoms with van der Waals surface area (Å²) in [5.41, 5.74) is 7.12. The predicted octanol–water partition coefficient (Wildman–Crippen LogP) is 1.95. The molecule has 1 saturated heterocycles. The molecule has 0 radical (unpaired) electrons. The fourth-order valence-electron chi connectivity index (χ4n) is 2.54.